The highest BCUT2D eigenvalue weighted by atomic mass is 127. The van der Waals surface area contributed by atoms with Gasteiger partial charge in [0, 0.05) is 40.6 Å². The van der Waals surface area contributed by atoms with Crippen LogP contribution < -0.4 is 9.64 Å². The minimum Gasteiger partial charge on any atom is -0.487 e. The van der Waals surface area contributed by atoms with Crippen LogP contribution in [-0.4, -0.2) is 32.5 Å². The smallest absolute Gasteiger partial charge is 0.146 e. The summed E-state index contributed by atoms with van der Waals surface area (Å²) in [6, 6.07) is 17.9. The van der Waals surface area contributed by atoms with Crippen LogP contribution in [0.25, 0.3) is 0 Å². The molecule has 4 rings (SSSR count). The topological polar surface area (TPSA) is 34.1 Å². The molecular formula is C24H20Cl2I2N2O2. The van der Waals surface area contributed by atoms with Crippen molar-refractivity contribution in [2.75, 3.05) is 31.2 Å². The fourth-order valence-corrected chi connectivity index (χ4v) is 5.89. The van der Waals surface area contributed by atoms with Crippen LogP contribution in [-0.2, 0) is 11.3 Å². The standard InChI is InChI=1S/C24H20Cl2I2N2O2/c25-18-2-1-17(21(26)13-18)15-32-24-22(27)11-16(12-23(24)28)14-29-19-3-5-20(6-4-19)30-7-9-31-10-8-30/h1-6,11-14H,7-10,15H2. The molecule has 0 aliphatic carbocycles. The van der Waals surface area contributed by atoms with Gasteiger partial charge in [-0.15, -0.1) is 0 Å². The lowest BCUT2D eigenvalue weighted by atomic mass is 10.2. The predicted octanol–water partition coefficient (Wildman–Crippen LogP) is 7.37. The van der Waals surface area contributed by atoms with Gasteiger partial charge in [0.25, 0.3) is 0 Å². The Labute approximate surface area is 225 Å². The van der Waals surface area contributed by atoms with E-state index in [0.29, 0.717) is 16.7 Å². The molecule has 0 N–H and O–H groups in total. The van der Waals surface area contributed by atoms with Crippen LogP contribution in [0.3, 0.4) is 0 Å². The van der Waals surface area contributed by atoms with Crippen molar-refractivity contribution in [3.8, 4) is 5.75 Å². The highest BCUT2D eigenvalue weighted by molar-refractivity contribution is 14.1. The third-order valence-corrected chi connectivity index (χ3v) is 7.19. The number of morpholine rings is 1. The zero-order valence-electron chi connectivity index (χ0n) is 17.0. The number of nitrogens with zero attached hydrogens (tertiary/aromatic N) is 2. The summed E-state index contributed by atoms with van der Waals surface area (Å²) in [7, 11) is 0. The van der Waals surface area contributed by atoms with Gasteiger partial charge in [-0.2, -0.15) is 0 Å². The van der Waals surface area contributed by atoms with E-state index in [4.69, 9.17) is 32.7 Å². The lowest BCUT2D eigenvalue weighted by Gasteiger charge is -2.28. The zero-order valence-corrected chi connectivity index (χ0v) is 22.9. The van der Waals surface area contributed by atoms with E-state index in [0.717, 1.165) is 56.0 Å². The molecule has 0 radical (unpaired) electrons. The molecule has 0 bridgehead atoms. The van der Waals surface area contributed by atoms with Crippen molar-refractivity contribution >= 4 is 86.0 Å². The first-order valence-electron chi connectivity index (χ1n) is 10.0. The number of anilines is 1. The number of hydrogen-bond donors (Lipinski definition) is 0. The van der Waals surface area contributed by atoms with Crippen molar-refractivity contribution in [3.05, 3.63) is 82.9 Å². The molecule has 0 amide bonds. The quantitative estimate of drug-likeness (QED) is 0.200. The second-order valence-corrected chi connectivity index (χ2v) is 10.4. The Morgan fingerprint density at radius 3 is 2.31 bits per heavy atom. The van der Waals surface area contributed by atoms with Crippen molar-refractivity contribution in [1.29, 1.82) is 0 Å². The summed E-state index contributed by atoms with van der Waals surface area (Å²) < 4.78 is 13.5. The average Bonchev–Trinajstić information content (AvgIpc) is 2.79. The molecule has 1 aliphatic heterocycles. The first-order chi connectivity index (χ1) is 15.5. The van der Waals surface area contributed by atoms with Crippen LogP contribution in [0.2, 0.25) is 10.0 Å². The van der Waals surface area contributed by atoms with E-state index < -0.39 is 0 Å². The maximum absolute atomic E-state index is 6.26. The van der Waals surface area contributed by atoms with E-state index in [1.165, 1.54) is 5.69 Å². The Bertz CT molecular complexity index is 1090. The number of hydrogen-bond acceptors (Lipinski definition) is 4. The Hall–Kier alpha value is -1.07. The molecule has 0 saturated carbocycles. The van der Waals surface area contributed by atoms with Gasteiger partial charge < -0.3 is 14.4 Å². The van der Waals surface area contributed by atoms with Gasteiger partial charge in [0.1, 0.15) is 12.4 Å². The molecule has 0 atom stereocenters. The van der Waals surface area contributed by atoms with Gasteiger partial charge in [-0.3, -0.25) is 4.99 Å². The average molecular weight is 693 g/mol. The minimum absolute atomic E-state index is 0.380. The minimum atomic E-state index is 0.380. The largest absolute Gasteiger partial charge is 0.487 e. The van der Waals surface area contributed by atoms with E-state index in [1.807, 2.05) is 30.5 Å². The molecule has 8 heteroatoms. The van der Waals surface area contributed by atoms with Crippen LogP contribution in [0.5, 0.6) is 5.75 Å². The lowest BCUT2D eigenvalue weighted by Crippen LogP contribution is -2.36. The van der Waals surface area contributed by atoms with Crippen molar-refractivity contribution in [1.82, 2.24) is 0 Å². The summed E-state index contributed by atoms with van der Waals surface area (Å²) in [5, 5.41) is 1.22. The molecule has 166 valence electrons. The van der Waals surface area contributed by atoms with Gasteiger partial charge in [-0.1, -0.05) is 29.3 Å². The lowest BCUT2D eigenvalue weighted by molar-refractivity contribution is 0.122. The van der Waals surface area contributed by atoms with Crippen LogP contribution in [0.4, 0.5) is 11.4 Å². The van der Waals surface area contributed by atoms with Gasteiger partial charge in [0.2, 0.25) is 0 Å². The SMILES string of the molecule is Clc1ccc(COc2c(I)cc(C=Nc3ccc(N4CCOCC4)cc3)cc2I)c(Cl)c1. The molecular weight excluding hydrogens is 673 g/mol. The fraction of sp³-hybridized carbons (Fsp3) is 0.208. The molecule has 0 aromatic heterocycles. The Morgan fingerprint density at radius 1 is 0.969 bits per heavy atom. The monoisotopic (exact) mass is 692 g/mol. The second-order valence-electron chi connectivity index (χ2n) is 7.21. The van der Waals surface area contributed by atoms with Crippen LogP contribution in [0.15, 0.2) is 59.6 Å². The van der Waals surface area contributed by atoms with E-state index >= 15 is 0 Å². The summed E-state index contributed by atoms with van der Waals surface area (Å²) in [6.45, 7) is 3.80. The normalized spacial score (nSPS) is 14.2. The summed E-state index contributed by atoms with van der Waals surface area (Å²) in [6.07, 6.45) is 1.88. The molecule has 0 spiro atoms. The van der Waals surface area contributed by atoms with Crippen molar-refractivity contribution in [3.63, 3.8) is 0 Å². The molecule has 1 heterocycles. The molecule has 1 aliphatic rings. The van der Waals surface area contributed by atoms with Crippen LogP contribution in [0.1, 0.15) is 11.1 Å². The third-order valence-electron chi connectivity index (χ3n) is 5.00. The highest BCUT2D eigenvalue weighted by Gasteiger charge is 2.12. The Morgan fingerprint density at radius 2 is 1.66 bits per heavy atom. The van der Waals surface area contributed by atoms with Gasteiger partial charge in [0.05, 0.1) is 26.0 Å². The first-order valence-corrected chi connectivity index (χ1v) is 12.9. The zero-order chi connectivity index (χ0) is 22.5. The van der Waals surface area contributed by atoms with Gasteiger partial charge in [-0.25, -0.2) is 0 Å². The molecule has 3 aromatic carbocycles. The van der Waals surface area contributed by atoms with Crippen molar-refractivity contribution < 1.29 is 9.47 Å². The number of benzene rings is 3. The van der Waals surface area contributed by atoms with Gasteiger partial charge in [0.15, 0.2) is 0 Å². The fourth-order valence-electron chi connectivity index (χ4n) is 3.30. The van der Waals surface area contributed by atoms with Crippen LogP contribution >= 0.6 is 68.4 Å². The highest BCUT2D eigenvalue weighted by Crippen LogP contribution is 2.31. The number of ether oxygens (including phenoxy) is 2. The number of aliphatic imine (C=N–C) groups is 1. The predicted molar refractivity (Wildman–Crippen MR) is 149 cm³/mol. The maximum Gasteiger partial charge on any atom is 0.146 e. The van der Waals surface area contributed by atoms with Crippen molar-refractivity contribution in [2.45, 2.75) is 6.61 Å². The molecule has 0 unspecified atom stereocenters. The Kier molecular flexibility index (Phi) is 8.55. The molecule has 1 fully saturated rings. The molecule has 4 nitrogen and oxygen atoms in total. The van der Waals surface area contributed by atoms with E-state index in [2.05, 4.69) is 79.3 Å². The van der Waals surface area contributed by atoms with Crippen molar-refractivity contribution in [2.24, 2.45) is 4.99 Å². The summed E-state index contributed by atoms with van der Waals surface area (Å²) in [5.74, 6) is 0.837. The Balaban J connectivity index is 1.42. The van der Waals surface area contributed by atoms with E-state index in [9.17, 15) is 0 Å². The summed E-state index contributed by atoms with van der Waals surface area (Å²) in [4.78, 5) is 6.97. The maximum atomic E-state index is 6.26. The molecule has 3 aromatic rings. The second kappa shape index (κ2) is 11.4. The number of rotatable bonds is 6. The third kappa shape index (κ3) is 6.28. The number of halogens is 4. The first kappa shape index (κ1) is 24.1. The summed E-state index contributed by atoms with van der Waals surface area (Å²) >= 11 is 16.8. The summed E-state index contributed by atoms with van der Waals surface area (Å²) in [5.41, 5.74) is 4.05. The molecule has 1 saturated heterocycles. The van der Waals surface area contributed by atoms with Gasteiger partial charge in [-0.05, 0) is 99.3 Å². The van der Waals surface area contributed by atoms with Crippen LogP contribution in [0, 0.1) is 7.14 Å². The van der Waals surface area contributed by atoms with Gasteiger partial charge >= 0.3 is 0 Å². The van der Waals surface area contributed by atoms with E-state index in [1.54, 1.807) is 6.07 Å². The molecule has 32 heavy (non-hydrogen) atoms. The van der Waals surface area contributed by atoms with E-state index in [-0.39, 0.29) is 0 Å².